The number of thioether (sulfide) groups is 1. The van der Waals surface area contributed by atoms with Crippen molar-refractivity contribution in [3.05, 3.63) is 78.7 Å². The van der Waals surface area contributed by atoms with Crippen molar-refractivity contribution in [1.29, 1.82) is 0 Å². The maximum absolute atomic E-state index is 13.2. The van der Waals surface area contributed by atoms with E-state index in [1.54, 1.807) is 4.57 Å². The zero-order valence-corrected chi connectivity index (χ0v) is 21.5. The summed E-state index contributed by atoms with van der Waals surface area (Å²) in [5.41, 5.74) is 3.14. The van der Waals surface area contributed by atoms with Crippen molar-refractivity contribution in [2.45, 2.75) is 48.9 Å². The molecule has 4 nitrogen and oxygen atoms in total. The molecule has 6 rings (SSSR count). The highest BCUT2D eigenvalue weighted by Gasteiger charge is 2.55. The van der Waals surface area contributed by atoms with Gasteiger partial charge in [-0.2, -0.15) is 0 Å². The zero-order valence-electron chi connectivity index (χ0n) is 18.3. The van der Waals surface area contributed by atoms with Crippen LogP contribution in [0.25, 0.3) is 0 Å². The van der Waals surface area contributed by atoms with Crippen molar-refractivity contribution in [3.63, 3.8) is 0 Å². The highest BCUT2D eigenvalue weighted by molar-refractivity contribution is 9.10. The van der Waals surface area contributed by atoms with Crippen LogP contribution in [-0.2, 0) is 11.3 Å². The fraction of sp³-hybridized carbons (Fsp3) is 0.385. The summed E-state index contributed by atoms with van der Waals surface area (Å²) in [6.07, 6.45) is 3.90. The maximum atomic E-state index is 13.2. The van der Waals surface area contributed by atoms with Crippen LogP contribution in [0.2, 0.25) is 0 Å². The van der Waals surface area contributed by atoms with Crippen molar-refractivity contribution in [1.82, 2.24) is 4.57 Å². The number of fused-ring (bicyclic) bond motifs is 6. The Kier molecular flexibility index (Phi) is 5.54. The molecule has 0 saturated heterocycles. The molecule has 1 aromatic heterocycles. The number of hydrogen-bond acceptors (Lipinski definition) is 4. The minimum atomic E-state index is -0.155. The molecular weight excluding hydrogens is 516 g/mol. The van der Waals surface area contributed by atoms with Crippen LogP contribution >= 0.6 is 39.0 Å². The van der Waals surface area contributed by atoms with Gasteiger partial charge in [0.25, 0.3) is 0 Å². The molecule has 5 unspecified atom stereocenters. The largest absolute Gasteiger partial charge is 0.325 e. The van der Waals surface area contributed by atoms with Gasteiger partial charge in [-0.05, 0) is 79.3 Å². The van der Waals surface area contributed by atoms with E-state index in [0.717, 1.165) is 37.5 Å². The summed E-state index contributed by atoms with van der Waals surface area (Å²) in [5.74, 6) is 2.11. The second kappa shape index (κ2) is 8.43. The van der Waals surface area contributed by atoms with E-state index in [0.29, 0.717) is 11.2 Å². The number of thiazole rings is 1. The fourth-order valence-electron chi connectivity index (χ4n) is 6.23. The van der Waals surface area contributed by atoms with Crippen LogP contribution in [0.3, 0.4) is 0 Å². The normalized spacial score (nSPS) is 27.3. The van der Waals surface area contributed by atoms with Crippen molar-refractivity contribution >= 4 is 50.6 Å². The van der Waals surface area contributed by atoms with E-state index in [1.807, 2.05) is 43.0 Å². The van der Waals surface area contributed by atoms with Gasteiger partial charge in [-0.3, -0.25) is 14.2 Å². The first-order valence-electron chi connectivity index (χ1n) is 11.5. The Labute approximate surface area is 209 Å². The standard InChI is InChI=1S/C26H25BrN2O2S2/c1-14-4-2-7-19(10-14)28-20(30)13-29-25-24(33-26(29)31)22(15-5-3-6-18(27)12-15)21-16-8-9-17(11-16)23(21)32-25/h2-7,10,12,16-17,21-23H,8-9,11,13H2,1H3,(H,28,30). The molecule has 33 heavy (non-hydrogen) atoms. The SMILES string of the molecule is Cc1cccc(NC(=O)Cn2c3c(sc2=O)C(c2cccc(Br)c2)C2C4CCC(C4)C2S3)c1. The van der Waals surface area contributed by atoms with Crippen LogP contribution in [0.4, 0.5) is 5.69 Å². The van der Waals surface area contributed by atoms with Gasteiger partial charge in [0.15, 0.2) is 0 Å². The van der Waals surface area contributed by atoms with Crippen LogP contribution < -0.4 is 10.2 Å². The van der Waals surface area contributed by atoms with E-state index in [2.05, 4.69) is 45.5 Å². The summed E-state index contributed by atoms with van der Waals surface area (Å²) in [4.78, 5) is 27.2. The Morgan fingerprint density at radius 3 is 2.79 bits per heavy atom. The lowest BCUT2D eigenvalue weighted by Gasteiger charge is -2.40. The van der Waals surface area contributed by atoms with Crippen LogP contribution in [0, 0.1) is 24.7 Å². The summed E-state index contributed by atoms with van der Waals surface area (Å²) < 4.78 is 2.80. The number of nitrogens with one attached hydrogen (secondary N) is 1. The second-order valence-corrected chi connectivity index (χ2v) is 12.6. The lowest BCUT2D eigenvalue weighted by Crippen LogP contribution is -2.34. The number of rotatable bonds is 4. The molecule has 2 bridgehead atoms. The van der Waals surface area contributed by atoms with Gasteiger partial charge in [-0.25, -0.2) is 0 Å². The van der Waals surface area contributed by atoms with Crippen LogP contribution in [0.1, 0.15) is 41.2 Å². The third kappa shape index (κ3) is 3.82. The third-order valence-electron chi connectivity index (χ3n) is 7.50. The topological polar surface area (TPSA) is 51.1 Å². The molecule has 5 atom stereocenters. The summed E-state index contributed by atoms with van der Waals surface area (Å²) in [5, 5.41) is 4.51. The lowest BCUT2D eigenvalue weighted by atomic mass is 9.75. The number of carbonyl (C=O) groups excluding carboxylic acids is 1. The van der Waals surface area contributed by atoms with Gasteiger partial charge >= 0.3 is 4.87 Å². The van der Waals surface area contributed by atoms with Crippen molar-refractivity contribution in [2.24, 2.45) is 17.8 Å². The van der Waals surface area contributed by atoms with Gasteiger partial charge in [0.1, 0.15) is 6.54 Å². The first-order chi connectivity index (χ1) is 16.0. The smallest absolute Gasteiger partial charge is 0.308 e. The average molecular weight is 542 g/mol. The van der Waals surface area contributed by atoms with Crippen LogP contribution in [0.5, 0.6) is 0 Å². The second-order valence-electron chi connectivity index (χ2n) is 9.57. The Hall–Kier alpha value is -1.83. The number of nitrogens with zero attached hydrogens (tertiary/aromatic N) is 1. The first kappa shape index (κ1) is 21.7. The van der Waals surface area contributed by atoms with Gasteiger partial charge in [0, 0.05) is 26.2 Å². The minimum absolute atomic E-state index is 0.0285. The fourth-order valence-corrected chi connectivity index (χ4v) is 9.80. The van der Waals surface area contributed by atoms with Gasteiger partial charge < -0.3 is 5.32 Å². The van der Waals surface area contributed by atoms with E-state index < -0.39 is 0 Å². The quantitative estimate of drug-likeness (QED) is 0.424. The molecular formula is C26H25BrN2O2S2. The third-order valence-corrected chi connectivity index (χ3v) is 10.8. The summed E-state index contributed by atoms with van der Waals surface area (Å²) in [6.45, 7) is 2.06. The molecule has 1 amide bonds. The van der Waals surface area contributed by atoms with E-state index in [-0.39, 0.29) is 23.2 Å². The van der Waals surface area contributed by atoms with Crippen molar-refractivity contribution < 1.29 is 4.79 Å². The molecule has 0 radical (unpaired) electrons. The molecule has 2 aromatic carbocycles. The van der Waals surface area contributed by atoms with Crippen LogP contribution in [0.15, 0.2) is 62.8 Å². The molecule has 1 N–H and O–H groups in total. The predicted molar refractivity (Wildman–Crippen MR) is 138 cm³/mol. The minimum Gasteiger partial charge on any atom is -0.325 e. The monoisotopic (exact) mass is 540 g/mol. The van der Waals surface area contributed by atoms with Gasteiger partial charge in [-0.15, -0.1) is 11.8 Å². The van der Waals surface area contributed by atoms with E-state index >= 15 is 0 Å². The van der Waals surface area contributed by atoms with Gasteiger partial charge in [0.05, 0.1) is 5.03 Å². The number of anilines is 1. The van der Waals surface area contributed by atoms with Gasteiger partial charge in [0.2, 0.25) is 5.91 Å². The maximum Gasteiger partial charge on any atom is 0.308 e. The van der Waals surface area contributed by atoms with E-state index in [9.17, 15) is 9.59 Å². The Balaban J connectivity index is 1.37. The molecule has 2 fully saturated rings. The molecule has 170 valence electrons. The van der Waals surface area contributed by atoms with Crippen molar-refractivity contribution in [3.8, 4) is 0 Å². The highest BCUT2D eigenvalue weighted by atomic mass is 79.9. The Morgan fingerprint density at radius 2 is 1.97 bits per heavy atom. The molecule has 2 heterocycles. The van der Waals surface area contributed by atoms with Crippen molar-refractivity contribution in [2.75, 3.05) is 5.32 Å². The Morgan fingerprint density at radius 1 is 1.15 bits per heavy atom. The number of benzene rings is 2. The first-order valence-corrected chi connectivity index (χ1v) is 14.0. The summed E-state index contributed by atoms with van der Waals surface area (Å²) in [7, 11) is 0. The molecule has 2 saturated carbocycles. The molecule has 0 spiro atoms. The highest BCUT2D eigenvalue weighted by Crippen LogP contribution is 2.64. The van der Waals surface area contributed by atoms with E-state index in [4.69, 9.17) is 0 Å². The number of carbonyl (C=O) groups is 1. The molecule has 7 heteroatoms. The lowest BCUT2D eigenvalue weighted by molar-refractivity contribution is -0.116. The number of halogens is 1. The van der Waals surface area contributed by atoms with Gasteiger partial charge in [-0.1, -0.05) is 51.5 Å². The predicted octanol–water partition coefficient (Wildman–Crippen LogP) is 6.27. The number of aryl methyl sites for hydroxylation is 1. The molecule has 3 aromatic rings. The van der Waals surface area contributed by atoms with Crippen LogP contribution in [-0.4, -0.2) is 15.7 Å². The zero-order chi connectivity index (χ0) is 22.7. The molecule has 1 aliphatic heterocycles. The average Bonchev–Trinajstić information content (AvgIpc) is 3.47. The summed E-state index contributed by atoms with van der Waals surface area (Å²) in [6, 6.07) is 16.3. The molecule has 2 aliphatic carbocycles. The van der Waals surface area contributed by atoms with E-state index in [1.165, 1.54) is 36.2 Å². The molecule has 3 aliphatic rings. The summed E-state index contributed by atoms with van der Waals surface area (Å²) >= 11 is 6.87. The number of hydrogen-bond donors (Lipinski definition) is 1. The Bertz CT molecular complexity index is 1300. The number of aromatic nitrogens is 1. The number of amides is 1.